The molecule has 2 atom stereocenters. The molecule has 1 amide bonds. The number of carbonyl (C=O) groups is 1. The molecule has 4 rings (SSSR count). The highest BCUT2D eigenvalue weighted by Gasteiger charge is 2.44. The van der Waals surface area contributed by atoms with Crippen LogP contribution in [0, 0.1) is 0 Å². The van der Waals surface area contributed by atoms with Crippen LogP contribution in [0.15, 0.2) is 34.6 Å². The van der Waals surface area contributed by atoms with E-state index in [1.807, 2.05) is 24.3 Å². The van der Waals surface area contributed by atoms with E-state index in [9.17, 15) is 4.79 Å². The molecule has 1 saturated carbocycles. The summed E-state index contributed by atoms with van der Waals surface area (Å²) in [4.78, 5) is 12.7. The Labute approximate surface area is 118 Å². The van der Waals surface area contributed by atoms with E-state index in [1.165, 1.54) is 19.3 Å². The van der Waals surface area contributed by atoms with Crippen molar-refractivity contribution in [3.63, 3.8) is 0 Å². The van der Waals surface area contributed by atoms with Crippen LogP contribution in [0.25, 0.3) is 0 Å². The lowest BCUT2D eigenvalue weighted by atomic mass is 9.94. The van der Waals surface area contributed by atoms with E-state index < -0.39 is 0 Å². The molecule has 3 aliphatic rings. The van der Waals surface area contributed by atoms with Crippen LogP contribution < -0.4 is 5.32 Å². The Hall–Kier alpha value is -1.91. The van der Waals surface area contributed by atoms with Crippen molar-refractivity contribution in [3.8, 4) is 0 Å². The second-order valence-electron chi connectivity index (χ2n) is 5.83. The molecule has 0 radical (unpaired) electrons. The first-order valence-corrected chi connectivity index (χ1v) is 7.44. The summed E-state index contributed by atoms with van der Waals surface area (Å²) in [5.74, 6) is 0.0769. The first-order valence-electron chi connectivity index (χ1n) is 7.44. The molecule has 2 unspecified atom stereocenters. The van der Waals surface area contributed by atoms with E-state index in [2.05, 4.69) is 15.7 Å². The summed E-state index contributed by atoms with van der Waals surface area (Å²) >= 11 is 0. The molecule has 0 aromatic heterocycles. The van der Waals surface area contributed by atoms with E-state index in [-0.39, 0.29) is 24.0 Å². The molecule has 1 aromatic carbocycles. The molecule has 0 bridgehead atoms. The van der Waals surface area contributed by atoms with Gasteiger partial charge in [0.1, 0.15) is 12.1 Å². The van der Waals surface area contributed by atoms with Crippen molar-refractivity contribution in [1.29, 1.82) is 0 Å². The number of rotatable bonds is 1. The Morgan fingerprint density at radius 2 is 1.95 bits per heavy atom. The number of hydrogen-bond donors (Lipinski definition) is 1. The van der Waals surface area contributed by atoms with Gasteiger partial charge in [0.2, 0.25) is 0 Å². The molecule has 0 saturated heterocycles. The number of hydrogen-bond acceptors (Lipinski definition) is 4. The van der Waals surface area contributed by atoms with Gasteiger partial charge in [-0.15, -0.1) is 0 Å². The topological polar surface area (TPSA) is 57.1 Å². The molecular weight excluding hydrogens is 252 g/mol. The minimum Gasteiger partial charge on any atom is -0.371 e. The fourth-order valence-corrected chi connectivity index (χ4v) is 3.51. The van der Waals surface area contributed by atoms with Crippen LogP contribution in [0.2, 0.25) is 0 Å². The maximum atomic E-state index is 12.7. The Bertz CT molecular complexity index is 565. The Balaban J connectivity index is 1.62. The third-order valence-electron chi connectivity index (χ3n) is 4.59. The monoisotopic (exact) mass is 270 g/mol. The molecule has 1 aromatic rings. The number of anilines is 1. The number of fused-ring (bicyclic) bond motifs is 3. The largest absolute Gasteiger partial charge is 0.371 e. The van der Waals surface area contributed by atoms with Gasteiger partial charge in [0.15, 0.2) is 0 Å². The zero-order valence-electron chi connectivity index (χ0n) is 11.3. The van der Waals surface area contributed by atoms with Gasteiger partial charge in [-0.3, -0.25) is 4.79 Å². The first kappa shape index (κ1) is 11.9. The van der Waals surface area contributed by atoms with Crippen LogP contribution >= 0.6 is 0 Å². The fraction of sp³-hybridized carbons (Fsp3) is 0.533. The third-order valence-corrected chi connectivity index (χ3v) is 4.59. The molecule has 2 aliphatic heterocycles. The molecule has 5 nitrogen and oxygen atoms in total. The van der Waals surface area contributed by atoms with Crippen molar-refractivity contribution in [3.05, 3.63) is 29.8 Å². The highest BCUT2D eigenvalue weighted by Crippen LogP contribution is 2.40. The van der Waals surface area contributed by atoms with E-state index in [0.717, 1.165) is 24.1 Å². The highest BCUT2D eigenvalue weighted by atomic mass is 16.2. The number of carbonyl (C=O) groups excluding carboxylic acids is 1. The summed E-state index contributed by atoms with van der Waals surface area (Å²) in [6, 6.07) is 7.80. The Morgan fingerprint density at radius 3 is 2.80 bits per heavy atom. The van der Waals surface area contributed by atoms with Crippen molar-refractivity contribution in [2.75, 3.05) is 5.32 Å². The number of benzene rings is 1. The van der Waals surface area contributed by atoms with Gasteiger partial charge in [0.25, 0.3) is 5.91 Å². The summed E-state index contributed by atoms with van der Waals surface area (Å²) in [5, 5.41) is 13.6. The van der Waals surface area contributed by atoms with Crippen LogP contribution in [-0.4, -0.2) is 23.0 Å². The normalized spacial score (nSPS) is 29.0. The van der Waals surface area contributed by atoms with Crippen LogP contribution in [0.1, 0.15) is 43.7 Å². The van der Waals surface area contributed by atoms with Gasteiger partial charge >= 0.3 is 0 Å². The van der Waals surface area contributed by atoms with Gasteiger partial charge in [0.05, 0.1) is 6.04 Å². The van der Waals surface area contributed by atoms with Crippen LogP contribution in [0.5, 0.6) is 0 Å². The van der Waals surface area contributed by atoms with E-state index in [1.54, 1.807) is 5.01 Å². The summed E-state index contributed by atoms with van der Waals surface area (Å²) in [7, 11) is 0. The molecular formula is C15H18N4O. The zero-order valence-corrected chi connectivity index (χ0v) is 11.3. The van der Waals surface area contributed by atoms with Gasteiger partial charge in [-0.2, -0.15) is 5.11 Å². The third kappa shape index (κ3) is 1.72. The van der Waals surface area contributed by atoms with E-state index >= 15 is 0 Å². The Morgan fingerprint density at radius 1 is 1.15 bits per heavy atom. The van der Waals surface area contributed by atoms with Crippen molar-refractivity contribution < 1.29 is 4.79 Å². The molecule has 0 spiro atoms. The average molecular weight is 270 g/mol. The predicted molar refractivity (Wildman–Crippen MR) is 75.2 cm³/mol. The van der Waals surface area contributed by atoms with Gasteiger partial charge < -0.3 is 5.32 Å². The SMILES string of the molecule is O=C1C2Nc3ccccc3C2N=NN1C1CCCCC1. The average Bonchev–Trinajstić information content (AvgIpc) is 2.88. The van der Waals surface area contributed by atoms with Gasteiger partial charge in [-0.25, -0.2) is 5.01 Å². The number of amides is 1. The van der Waals surface area contributed by atoms with Gasteiger partial charge in [0, 0.05) is 11.3 Å². The lowest BCUT2D eigenvalue weighted by molar-refractivity contribution is -0.138. The predicted octanol–water partition coefficient (Wildman–Crippen LogP) is 3.06. The van der Waals surface area contributed by atoms with Crippen LogP contribution in [0.4, 0.5) is 5.69 Å². The molecule has 5 heteroatoms. The maximum Gasteiger partial charge on any atom is 0.269 e. The molecule has 1 fully saturated rings. The van der Waals surface area contributed by atoms with Gasteiger partial charge in [-0.1, -0.05) is 42.7 Å². The minimum absolute atomic E-state index is 0.0769. The zero-order chi connectivity index (χ0) is 13.5. The second-order valence-corrected chi connectivity index (χ2v) is 5.83. The number of nitrogens with zero attached hydrogens (tertiary/aromatic N) is 3. The maximum absolute atomic E-state index is 12.7. The minimum atomic E-state index is -0.271. The summed E-state index contributed by atoms with van der Waals surface area (Å²) in [5.41, 5.74) is 2.10. The van der Waals surface area contributed by atoms with Crippen molar-refractivity contribution in [2.45, 2.75) is 50.2 Å². The summed E-state index contributed by atoms with van der Waals surface area (Å²) in [6.07, 6.45) is 5.74. The second kappa shape index (κ2) is 4.58. The summed E-state index contributed by atoms with van der Waals surface area (Å²) < 4.78 is 0. The lowest BCUT2D eigenvalue weighted by Gasteiger charge is -2.34. The van der Waals surface area contributed by atoms with Crippen LogP contribution in [-0.2, 0) is 4.79 Å². The molecule has 104 valence electrons. The highest BCUT2D eigenvalue weighted by molar-refractivity contribution is 5.89. The summed E-state index contributed by atoms with van der Waals surface area (Å²) in [6.45, 7) is 0. The number of para-hydroxylation sites is 1. The van der Waals surface area contributed by atoms with Crippen molar-refractivity contribution in [1.82, 2.24) is 5.01 Å². The molecule has 2 heterocycles. The number of nitrogens with one attached hydrogen (secondary N) is 1. The van der Waals surface area contributed by atoms with Gasteiger partial charge in [-0.05, 0) is 18.9 Å². The quantitative estimate of drug-likeness (QED) is 0.852. The standard InChI is InChI=1S/C15H18N4O/c20-15-14-13(11-8-4-5-9-12(11)16-14)17-18-19(15)10-6-2-1-3-7-10/h4-5,8-10,13-14,16H,1-3,6-7H2. The molecule has 20 heavy (non-hydrogen) atoms. The van der Waals surface area contributed by atoms with Crippen molar-refractivity contribution >= 4 is 11.6 Å². The van der Waals surface area contributed by atoms with E-state index in [0.29, 0.717) is 0 Å². The fourth-order valence-electron chi connectivity index (χ4n) is 3.51. The molecule has 1 N–H and O–H groups in total. The lowest BCUT2D eigenvalue weighted by Crippen LogP contribution is -2.48. The first-order chi connectivity index (χ1) is 9.84. The van der Waals surface area contributed by atoms with E-state index in [4.69, 9.17) is 0 Å². The molecule has 1 aliphatic carbocycles. The van der Waals surface area contributed by atoms with Crippen molar-refractivity contribution in [2.24, 2.45) is 10.3 Å². The smallest absolute Gasteiger partial charge is 0.269 e. The van der Waals surface area contributed by atoms with Crippen LogP contribution in [0.3, 0.4) is 0 Å². The Kier molecular flexibility index (Phi) is 2.72.